The lowest BCUT2D eigenvalue weighted by molar-refractivity contribution is -0.140. The zero-order chi connectivity index (χ0) is 24.7. The quantitative estimate of drug-likeness (QED) is 0.390. The lowest BCUT2D eigenvalue weighted by Crippen LogP contribution is -2.17. The Morgan fingerprint density at radius 2 is 1.83 bits per heavy atom. The van der Waals surface area contributed by atoms with Gasteiger partial charge in [-0.1, -0.05) is 36.4 Å². The summed E-state index contributed by atoms with van der Waals surface area (Å²) < 4.78 is 47.4. The summed E-state index contributed by atoms with van der Waals surface area (Å²) in [4.78, 5) is 23.7. The number of hydrogen-bond acceptors (Lipinski definition) is 4. The van der Waals surface area contributed by atoms with Crippen molar-refractivity contribution in [3.05, 3.63) is 88.7 Å². The van der Waals surface area contributed by atoms with Gasteiger partial charge in [0.15, 0.2) is 5.69 Å². The van der Waals surface area contributed by atoms with Gasteiger partial charge in [0.05, 0.1) is 36.6 Å². The maximum Gasteiger partial charge on any atom is 0.434 e. The summed E-state index contributed by atoms with van der Waals surface area (Å²) in [6.07, 6.45) is -1.94. The highest BCUT2D eigenvalue weighted by Gasteiger charge is 2.34. The number of benzene rings is 2. The van der Waals surface area contributed by atoms with Crippen LogP contribution >= 0.6 is 0 Å². The first-order chi connectivity index (χ1) is 16.7. The van der Waals surface area contributed by atoms with Crippen molar-refractivity contribution < 1.29 is 17.9 Å². The number of pyridine rings is 1. The van der Waals surface area contributed by atoms with E-state index in [4.69, 9.17) is 4.74 Å². The predicted octanol–water partition coefficient (Wildman–Crippen LogP) is 4.87. The molecular formula is C25H20F3N5O2. The molecule has 0 aliphatic rings. The Bertz CT molecular complexity index is 1580. The van der Waals surface area contributed by atoms with E-state index >= 15 is 0 Å². The minimum atomic E-state index is -4.51. The number of hydrogen-bond donors (Lipinski definition) is 1. The Balaban J connectivity index is 1.47. The van der Waals surface area contributed by atoms with E-state index in [0.717, 1.165) is 17.3 Å². The molecule has 3 heterocycles. The monoisotopic (exact) mass is 479 g/mol. The Kier molecular flexibility index (Phi) is 5.43. The molecule has 178 valence electrons. The minimum absolute atomic E-state index is 0.209. The number of fused-ring (bicyclic) bond motifs is 1. The summed E-state index contributed by atoms with van der Waals surface area (Å²) in [5.74, 6) is 0.878. The van der Waals surface area contributed by atoms with Crippen LogP contribution in [-0.2, 0) is 19.8 Å². The molecule has 3 aromatic heterocycles. The van der Waals surface area contributed by atoms with E-state index in [1.807, 2.05) is 30.3 Å². The number of ether oxygens (including phenoxy) is 1. The highest BCUT2D eigenvalue weighted by atomic mass is 19.4. The van der Waals surface area contributed by atoms with Crippen LogP contribution < -0.4 is 10.4 Å². The number of aryl methyl sites for hydroxylation is 1. The highest BCUT2D eigenvalue weighted by Crippen LogP contribution is 2.31. The van der Waals surface area contributed by atoms with E-state index in [9.17, 15) is 18.0 Å². The van der Waals surface area contributed by atoms with E-state index < -0.39 is 11.9 Å². The third kappa shape index (κ3) is 4.18. The normalized spacial score (nSPS) is 11.8. The van der Waals surface area contributed by atoms with E-state index in [-0.39, 0.29) is 18.1 Å². The topological polar surface area (TPSA) is 77.7 Å². The number of aromatic nitrogens is 5. The van der Waals surface area contributed by atoms with Gasteiger partial charge >= 0.3 is 11.9 Å². The summed E-state index contributed by atoms with van der Waals surface area (Å²) in [5, 5.41) is 0. The van der Waals surface area contributed by atoms with Crippen molar-refractivity contribution in [3.63, 3.8) is 0 Å². The minimum Gasteiger partial charge on any atom is -0.496 e. The number of nitrogens with one attached hydrogen (secondary N) is 1. The number of alkyl halides is 3. The first kappa shape index (κ1) is 22.5. The number of H-pyrrole nitrogens is 1. The van der Waals surface area contributed by atoms with Crippen molar-refractivity contribution in [1.29, 1.82) is 0 Å². The average molecular weight is 479 g/mol. The Morgan fingerprint density at radius 3 is 2.51 bits per heavy atom. The molecule has 2 aromatic carbocycles. The molecule has 0 fully saturated rings. The van der Waals surface area contributed by atoms with Crippen LogP contribution in [0.25, 0.3) is 33.7 Å². The van der Waals surface area contributed by atoms with Gasteiger partial charge in [-0.3, -0.25) is 9.55 Å². The van der Waals surface area contributed by atoms with Gasteiger partial charge in [0.1, 0.15) is 11.6 Å². The number of imidazole rings is 2. The fourth-order valence-corrected chi connectivity index (χ4v) is 4.03. The number of halogens is 3. The van der Waals surface area contributed by atoms with Gasteiger partial charge in [-0.25, -0.2) is 9.78 Å². The maximum absolute atomic E-state index is 13.0. The molecule has 0 saturated carbocycles. The first-order valence-electron chi connectivity index (χ1n) is 10.7. The first-order valence-corrected chi connectivity index (χ1v) is 10.7. The molecular weight excluding hydrogens is 459 g/mol. The summed E-state index contributed by atoms with van der Waals surface area (Å²) >= 11 is 0. The molecule has 10 heteroatoms. The number of methoxy groups -OCH3 is 1. The van der Waals surface area contributed by atoms with Crippen LogP contribution in [0.2, 0.25) is 0 Å². The van der Waals surface area contributed by atoms with E-state index in [1.54, 1.807) is 42.1 Å². The fraction of sp³-hybridized carbons (Fsp3) is 0.160. The molecule has 0 radical (unpaired) electrons. The molecule has 0 aliphatic carbocycles. The van der Waals surface area contributed by atoms with Crippen molar-refractivity contribution in [1.82, 2.24) is 24.1 Å². The third-order valence-electron chi connectivity index (χ3n) is 5.76. The van der Waals surface area contributed by atoms with Gasteiger partial charge in [-0.2, -0.15) is 13.2 Å². The van der Waals surface area contributed by atoms with Gasteiger partial charge in [0, 0.05) is 24.4 Å². The predicted molar refractivity (Wildman–Crippen MR) is 125 cm³/mol. The molecule has 0 amide bonds. The van der Waals surface area contributed by atoms with E-state index in [2.05, 4.69) is 15.0 Å². The van der Waals surface area contributed by atoms with Crippen LogP contribution in [0.1, 0.15) is 11.3 Å². The molecule has 35 heavy (non-hydrogen) atoms. The van der Waals surface area contributed by atoms with Crippen molar-refractivity contribution >= 4 is 11.0 Å². The van der Waals surface area contributed by atoms with Crippen LogP contribution in [0.3, 0.4) is 0 Å². The summed E-state index contributed by atoms with van der Waals surface area (Å²) in [6, 6.07) is 16.2. The zero-order valence-electron chi connectivity index (χ0n) is 18.8. The smallest absolute Gasteiger partial charge is 0.434 e. The second-order valence-electron chi connectivity index (χ2n) is 8.06. The van der Waals surface area contributed by atoms with Gasteiger partial charge in [-0.15, -0.1) is 0 Å². The molecule has 7 nitrogen and oxygen atoms in total. The SMILES string of the molecule is COc1ccccc1-c1cc2c(cn1)[nH]c(=O)n2Cc1ccc(-c2nc(C(F)(F)F)cn2C)cc1. The summed E-state index contributed by atoms with van der Waals surface area (Å²) in [7, 11) is 3.10. The van der Waals surface area contributed by atoms with Crippen molar-refractivity contribution in [2.75, 3.05) is 7.11 Å². The van der Waals surface area contributed by atoms with Crippen LogP contribution in [0.15, 0.2) is 71.8 Å². The van der Waals surface area contributed by atoms with Gasteiger partial charge in [-0.05, 0) is 23.8 Å². The van der Waals surface area contributed by atoms with E-state index in [1.165, 1.54) is 11.6 Å². The van der Waals surface area contributed by atoms with Gasteiger partial charge < -0.3 is 14.3 Å². The maximum atomic E-state index is 13.0. The van der Waals surface area contributed by atoms with E-state index in [0.29, 0.717) is 28.0 Å². The van der Waals surface area contributed by atoms with Crippen LogP contribution in [0.5, 0.6) is 5.75 Å². The standard InChI is InChI=1S/C25H20F3N5O2/c1-32-14-22(25(26,27)28)31-23(32)16-9-7-15(8-10-16)13-33-20-11-18(29-12-19(20)30-24(33)34)17-5-3-4-6-21(17)35-2/h3-12,14H,13H2,1-2H3,(H,30,34). The van der Waals surface area contributed by atoms with Gasteiger partial charge in [0.2, 0.25) is 0 Å². The van der Waals surface area contributed by atoms with Crippen molar-refractivity contribution in [2.24, 2.45) is 7.05 Å². The largest absolute Gasteiger partial charge is 0.496 e. The average Bonchev–Trinajstić information content (AvgIpc) is 3.39. The van der Waals surface area contributed by atoms with Crippen LogP contribution in [-0.4, -0.2) is 31.2 Å². The Labute approximate surface area is 197 Å². The third-order valence-corrected chi connectivity index (χ3v) is 5.76. The summed E-state index contributed by atoms with van der Waals surface area (Å²) in [6.45, 7) is 0.267. The molecule has 1 N–H and O–H groups in total. The Morgan fingerprint density at radius 1 is 1.09 bits per heavy atom. The Hall–Kier alpha value is -4.34. The molecule has 0 bridgehead atoms. The molecule has 0 unspecified atom stereocenters. The fourth-order valence-electron chi connectivity index (χ4n) is 4.03. The zero-order valence-corrected chi connectivity index (χ0v) is 18.8. The molecule has 0 aliphatic heterocycles. The molecule has 0 atom stereocenters. The lowest BCUT2D eigenvalue weighted by Gasteiger charge is -2.09. The molecule has 5 rings (SSSR count). The summed E-state index contributed by atoms with van der Waals surface area (Å²) in [5.41, 5.74) is 2.85. The lowest BCUT2D eigenvalue weighted by atomic mass is 10.1. The number of para-hydroxylation sites is 1. The molecule has 0 saturated heterocycles. The number of aromatic amines is 1. The molecule has 0 spiro atoms. The highest BCUT2D eigenvalue weighted by molar-refractivity contribution is 5.81. The second kappa shape index (κ2) is 8.46. The second-order valence-corrected chi connectivity index (χ2v) is 8.06. The van der Waals surface area contributed by atoms with Crippen molar-refractivity contribution in [2.45, 2.75) is 12.7 Å². The van der Waals surface area contributed by atoms with Gasteiger partial charge in [0.25, 0.3) is 0 Å². The van der Waals surface area contributed by atoms with Crippen LogP contribution in [0, 0.1) is 0 Å². The number of rotatable bonds is 5. The number of nitrogens with zero attached hydrogens (tertiary/aromatic N) is 4. The van der Waals surface area contributed by atoms with Crippen molar-refractivity contribution in [3.8, 4) is 28.4 Å². The van der Waals surface area contributed by atoms with Crippen LogP contribution in [0.4, 0.5) is 13.2 Å². The molecule has 5 aromatic rings.